The summed E-state index contributed by atoms with van der Waals surface area (Å²) in [5.74, 6) is 0.956. The fourth-order valence-electron chi connectivity index (χ4n) is 2.74. The van der Waals surface area contributed by atoms with E-state index in [1.54, 1.807) is 24.4 Å². The number of hydrogen-bond acceptors (Lipinski definition) is 7. The summed E-state index contributed by atoms with van der Waals surface area (Å²) >= 11 is 1.31. The van der Waals surface area contributed by atoms with Crippen LogP contribution in [0.4, 0.5) is 5.82 Å². The third-order valence-corrected chi connectivity index (χ3v) is 5.01. The molecule has 0 bridgehead atoms. The summed E-state index contributed by atoms with van der Waals surface area (Å²) in [5.41, 5.74) is 0.736. The Balaban J connectivity index is 1.47. The van der Waals surface area contributed by atoms with Gasteiger partial charge in [-0.2, -0.15) is 5.10 Å². The maximum atomic E-state index is 12.7. The van der Waals surface area contributed by atoms with E-state index in [0.29, 0.717) is 18.1 Å². The van der Waals surface area contributed by atoms with Crippen LogP contribution in [0.15, 0.2) is 36.5 Å². The van der Waals surface area contributed by atoms with Crippen molar-refractivity contribution >= 4 is 33.3 Å². The summed E-state index contributed by atoms with van der Waals surface area (Å²) in [6.45, 7) is 2.68. The number of amides is 1. The molecule has 0 aliphatic carbocycles. The molecule has 1 saturated heterocycles. The van der Waals surface area contributed by atoms with Gasteiger partial charge in [-0.15, -0.1) is 16.4 Å². The Morgan fingerprint density at radius 2 is 2.00 bits per heavy atom. The minimum absolute atomic E-state index is 0.0607. The van der Waals surface area contributed by atoms with Crippen LogP contribution in [0.5, 0.6) is 5.75 Å². The summed E-state index contributed by atoms with van der Waals surface area (Å²) < 4.78 is 0.816. The number of carbonyl (C=O) groups is 1. The number of fused-ring (bicyclic) bond motifs is 1. The van der Waals surface area contributed by atoms with Crippen molar-refractivity contribution in [3.8, 4) is 5.75 Å². The van der Waals surface area contributed by atoms with Crippen LogP contribution in [0, 0.1) is 0 Å². The Labute approximate surface area is 142 Å². The van der Waals surface area contributed by atoms with Crippen LogP contribution >= 0.6 is 11.3 Å². The molecule has 1 aliphatic heterocycles. The van der Waals surface area contributed by atoms with Gasteiger partial charge in [-0.25, -0.2) is 4.98 Å². The Hall–Kier alpha value is -2.74. The maximum absolute atomic E-state index is 12.7. The van der Waals surface area contributed by atoms with Gasteiger partial charge < -0.3 is 14.9 Å². The second-order valence-electron chi connectivity index (χ2n) is 5.53. The molecule has 122 valence electrons. The van der Waals surface area contributed by atoms with Crippen molar-refractivity contribution in [1.82, 2.24) is 20.1 Å². The molecule has 8 heteroatoms. The summed E-state index contributed by atoms with van der Waals surface area (Å²) in [5, 5.41) is 18.0. The second kappa shape index (κ2) is 6.04. The maximum Gasteiger partial charge on any atom is 0.282 e. The minimum Gasteiger partial charge on any atom is -0.508 e. The first-order valence-corrected chi connectivity index (χ1v) is 8.44. The Bertz CT molecular complexity index is 875. The summed E-state index contributed by atoms with van der Waals surface area (Å²) in [6.07, 6.45) is 1.65. The highest BCUT2D eigenvalue weighted by Crippen LogP contribution is 2.26. The van der Waals surface area contributed by atoms with E-state index >= 15 is 0 Å². The molecule has 4 rings (SSSR count). The van der Waals surface area contributed by atoms with Crippen LogP contribution in [-0.4, -0.2) is 57.3 Å². The van der Waals surface area contributed by atoms with Crippen LogP contribution in [0.1, 0.15) is 9.80 Å². The summed E-state index contributed by atoms with van der Waals surface area (Å²) in [7, 11) is 0. The number of benzene rings is 1. The lowest BCUT2D eigenvalue weighted by Crippen LogP contribution is -2.49. The van der Waals surface area contributed by atoms with Crippen LogP contribution in [-0.2, 0) is 0 Å². The van der Waals surface area contributed by atoms with Crippen LogP contribution in [0.2, 0.25) is 0 Å². The molecule has 0 saturated carbocycles. The zero-order valence-corrected chi connectivity index (χ0v) is 13.6. The van der Waals surface area contributed by atoms with Gasteiger partial charge in [0.05, 0.1) is 10.2 Å². The predicted octanol–water partition coefficient (Wildman–Crippen LogP) is 1.75. The SMILES string of the molecule is O=C(c1nc2ccc(O)cc2s1)N1CCN(c2cccnn2)CC1. The number of anilines is 1. The normalized spacial score (nSPS) is 15.0. The number of thiazole rings is 1. The molecule has 24 heavy (non-hydrogen) atoms. The predicted molar refractivity (Wildman–Crippen MR) is 91.4 cm³/mol. The Kier molecular flexibility index (Phi) is 3.73. The van der Waals surface area contributed by atoms with Crippen molar-refractivity contribution in [3.63, 3.8) is 0 Å². The number of carbonyl (C=O) groups excluding carboxylic acids is 1. The zero-order valence-electron chi connectivity index (χ0n) is 12.8. The highest BCUT2D eigenvalue weighted by molar-refractivity contribution is 7.20. The van der Waals surface area contributed by atoms with E-state index in [2.05, 4.69) is 20.1 Å². The van der Waals surface area contributed by atoms with Gasteiger partial charge in [0.1, 0.15) is 5.75 Å². The standard InChI is InChI=1S/C16H15N5O2S/c22-11-3-4-12-13(10-11)24-15(18-12)16(23)21-8-6-20(7-9-21)14-2-1-5-17-19-14/h1-5,10,22H,6-9H2. The number of aromatic hydroxyl groups is 1. The number of phenols is 1. The molecule has 1 amide bonds. The van der Waals surface area contributed by atoms with Gasteiger partial charge in [0.15, 0.2) is 10.8 Å². The molecule has 3 heterocycles. The molecule has 2 aromatic heterocycles. The highest BCUT2D eigenvalue weighted by Gasteiger charge is 2.25. The van der Waals surface area contributed by atoms with Crippen molar-refractivity contribution in [2.75, 3.05) is 31.1 Å². The zero-order chi connectivity index (χ0) is 16.5. The Morgan fingerprint density at radius 1 is 1.17 bits per heavy atom. The number of piperazine rings is 1. The molecule has 7 nitrogen and oxygen atoms in total. The number of rotatable bonds is 2. The third-order valence-electron chi connectivity index (χ3n) is 4.00. The van der Waals surface area contributed by atoms with Gasteiger partial charge in [0.25, 0.3) is 5.91 Å². The smallest absolute Gasteiger partial charge is 0.282 e. The van der Waals surface area contributed by atoms with Crippen molar-refractivity contribution in [2.24, 2.45) is 0 Å². The molecule has 1 aromatic carbocycles. The largest absolute Gasteiger partial charge is 0.508 e. The highest BCUT2D eigenvalue weighted by atomic mass is 32.1. The molecular formula is C16H15N5O2S. The topological polar surface area (TPSA) is 82.5 Å². The van der Waals surface area contributed by atoms with E-state index in [4.69, 9.17) is 0 Å². The van der Waals surface area contributed by atoms with E-state index < -0.39 is 0 Å². The van der Waals surface area contributed by atoms with E-state index in [-0.39, 0.29) is 11.7 Å². The van der Waals surface area contributed by atoms with Crippen LogP contribution < -0.4 is 4.90 Å². The van der Waals surface area contributed by atoms with Crippen molar-refractivity contribution in [1.29, 1.82) is 0 Å². The van der Waals surface area contributed by atoms with Gasteiger partial charge in [-0.1, -0.05) is 0 Å². The van der Waals surface area contributed by atoms with Crippen LogP contribution in [0.25, 0.3) is 10.2 Å². The molecule has 1 aliphatic rings. The van der Waals surface area contributed by atoms with E-state index in [1.165, 1.54) is 11.3 Å². The molecule has 1 fully saturated rings. The Morgan fingerprint density at radius 3 is 2.75 bits per heavy atom. The molecule has 0 atom stereocenters. The monoisotopic (exact) mass is 341 g/mol. The van der Waals surface area contributed by atoms with Gasteiger partial charge in [0.2, 0.25) is 0 Å². The minimum atomic E-state index is -0.0607. The first-order valence-electron chi connectivity index (χ1n) is 7.62. The van der Waals surface area contributed by atoms with E-state index in [1.807, 2.05) is 17.0 Å². The lowest BCUT2D eigenvalue weighted by atomic mass is 10.3. The van der Waals surface area contributed by atoms with Gasteiger partial charge in [-0.3, -0.25) is 4.79 Å². The number of aromatic nitrogens is 3. The van der Waals surface area contributed by atoms with E-state index in [0.717, 1.165) is 29.1 Å². The number of hydrogen-bond donors (Lipinski definition) is 1. The lowest BCUT2D eigenvalue weighted by molar-refractivity contribution is 0.0746. The van der Waals surface area contributed by atoms with Gasteiger partial charge in [-0.05, 0) is 30.3 Å². The second-order valence-corrected chi connectivity index (χ2v) is 6.56. The average Bonchev–Trinajstić information content (AvgIpc) is 3.05. The summed E-state index contributed by atoms with van der Waals surface area (Å²) in [4.78, 5) is 21.0. The number of phenolic OH excluding ortho intramolecular Hbond substituents is 1. The third kappa shape index (κ3) is 2.76. The van der Waals surface area contributed by atoms with Crippen molar-refractivity contribution < 1.29 is 9.90 Å². The summed E-state index contributed by atoms with van der Waals surface area (Å²) in [6, 6.07) is 8.72. The first-order chi connectivity index (χ1) is 11.7. The molecular weight excluding hydrogens is 326 g/mol. The van der Waals surface area contributed by atoms with Crippen molar-refractivity contribution in [2.45, 2.75) is 0 Å². The molecule has 3 aromatic rings. The van der Waals surface area contributed by atoms with Gasteiger partial charge >= 0.3 is 0 Å². The first kappa shape index (κ1) is 14.8. The fourth-order valence-corrected chi connectivity index (χ4v) is 3.71. The lowest BCUT2D eigenvalue weighted by Gasteiger charge is -2.34. The fraction of sp³-hybridized carbons (Fsp3) is 0.250. The molecule has 1 N–H and O–H groups in total. The van der Waals surface area contributed by atoms with Crippen LogP contribution in [0.3, 0.4) is 0 Å². The molecule has 0 radical (unpaired) electrons. The van der Waals surface area contributed by atoms with E-state index in [9.17, 15) is 9.90 Å². The quantitative estimate of drug-likeness (QED) is 0.765. The molecule has 0 unspecified atom stereocenters. The average molecular weight is 341 g/mol. The number of nitrogens with zero attached hydrogens (tertiary/aromatic N) is 5. The molecule has 0 spiro atoms. The van der Waals surface area contributed by atoms with Crippen molar-refractivity contribution in [3.05, 3.63) is 41.5 Å². The van der Waals surface area contributed by atoms with Gasteiger partial charge in [0, 0.05) is 32.4 Å².